The second-order valence-corrected chi connectivity index (χ2v) is 7.89. The van der Waals surface area contributed by atoms with E-state index < -0.39 is 49.2 Å². The standard InChI is InChI=1S/C20H38N4O6/c1-3-4-5-6-7-8-9-10-11-15(23-24-21)13-29-20-17(22-14(2)26)19(28)18(27)16(12-25)30-20/h15-20,25,27-28H,3-13H2,1-2H3,(H,22,26)/t15?,16?,17?,18-,19-,20-/m1/s1. The summed E-state index contributed by atoms with van der Waals surface area (Å²) in [6.45, 7) is 3.01. The Bertz CT molecular complexity index is 531. The fraction of sp³-hybridized carbons (Fsp3) is 0.950. The summed E-state index contributed by atoms with van der Waals surface area (Å²) < 4.78 is 11.2. The first-order valence-corrected chi connectivity index (χ1v) is 11.0. The molecule has 0 aliphatic carbocycles. The van der Waals surface area contributed by atoms with E-state index in [0.717, 1.165) is 19.3 Å². The van der Waals surface area contributed by atoms with Crippen LogP contribution in [0.3, 0.4) is 0 Å². The molecular formula is C20H38N4O6. The molecule has 3 unspecified atom stereocenters. The second-order valence-electron chi connectivity index (χ2n) is 7.89. The van der Waals surface area contributed by atoms with Crippen molar-refractivity contribution in [3.05, 3.63) is 10.4 Å². The van der Waals surface area contributed by atoms with Gasteiger partial charge in [0.15, 0.2) is 6.29 Å². The lowest BCUT2D eigenvalue weighted by Gasteiger charge is -2.42. The average Bonchev–Trinajstić information content (AvgIpc) is 2.72. The molecule has 1 heterocycles. The summed E-state index contributed by atoms with van der Waals surface area (Å²) >= 11 is 0. The fourth-order valence-corrected chi connectivity index (χ4v) is 3.58. The van der Waals surface area contributed by atoms with Crippen LogP contribution in [0.1, 0.15) is 71.6 Å². The van der Waals surface area contributed by atoms with E-state index in [9.17, 15) is 20.1 Å². The molecule has 0 spiro atoms. The van der Waals surface area contributed by atoms with E-state index in [4.69, 9.17) is 15.0 Å². The van der Waals surface area contributed by atoms with Crippen LogP contribution in [0.25, 0.3) is 10.4 Å². The number of carbonyl (C=O) groups is 1. The third-order valence-electron chi connectivity index (χ3n) is 5.31. The lowest BCUT2D eigenvalue weighted by atomic mass is 9.97. The number of aliphatic hydroxyl groups is 3. The van der Waals surface area contributed by atoms with E-state index in [0.29, 0.717) is 6.42 Å². The highest BCUT2D eigenvalue weighted by Crippen LogP contribution is 2.23. The molecule has 0 aromatic rings. The van der Waals surface area contributed by atoms with Crippen LogP contribution in [0.15, 0.2) is 5.11 Å². The molecule has 30 heavy (non-hydrogen) atoms. The molecule has 6 atom stereocenters. The first-order valence-electron chi connectivity index (χ1n) is 11.0. The minimum Gasteiger partial charge on any atom is -0.394 e. The van der Waals surface area contributed by atoms with Crippen LogP contribution in [0, 0.1) is 0 Å². The molecule has 1 aliphatic heterocycles. The number of hydrogen-bond acceptors (Lipinski definition) is 7. The largest absolute Gasteiger partial charge is 0.394 e. The van der Waals surface area contributed by atoms with Gasteiger partial charge in [0.1, 0.15) is 24.4 Å². The highest BCUT2D eigenvalue weighted by molar-refractivity contribution is 5.73. The van der Waals surface area contributed by atoms with E-state index in [1.165, 1.54) is 39.0 Å². The van der Waals surface area contributed by atoms with Crippen LogP contribution in [-0.2, 0) is 14.3 Å². The zero-order valence-electron chi connectivity index (χ0n) is 18.2. The molecule has 10 heteroatoms. The zero-order chi connectivity index (χ0) is 22.4. The van der Waals surface area contributed by atoms with E-state index >= 15 is 0 Å². The van der Waals surface area contributed by atoms with Gasteiger partial charge in [0.25, 0.3) is 0 Å². The van der Waals surface area contributed by atoms with Gasteiger partial charge in [-0.3, -0.25) is 4.79 Å². The van der Waals surface area contributed by atoms with Crippen molar-refractivity contribution in [3.63, 3.8) is 0 Å². The number of carbonyl (C=O) groups excluding carboxylic acids is 1. The maximum atomic E-state index is 11.5. The van der Waals surface area contributed by atoms with Crippen molar-refractivity contribution >= 4 is 5.91 Å². The number of azide groups is 1. The van der Waals surface area contributed by atoms with Gasteiger partial charge in [-0.2, -0.15) is 0 Å². The van der Waals surface area contributed by atoms with Crippen molar-refractivity contribution in [1.82, 2.24) is 5.32 Å². The van der Waals surface area contributed by atoms with Crippen LogP contribution >= 0.6 is 0 Å². The van der Waals surface area contributed by atoms with Gasteiger partial charge in [-0.05, 0) is 12.0 Å². The van der Waals surface area contributed by atoms with Crippen LogP contribution in [0.2, 0.25) is 0 Å². The molecule has 0 saturated carbocycles. The van der Waals surface area contributed by atoms with Crippen LogP contribution in [0.4, 0.5) is 0 Å². The summed E-state index contributed by atoms with van der Waals surface area (Å²) in [5.41, 5.74) is 8.83. The Labute approximate surface area is 178 Å². The summed E-state index contributed by atoms with van der Waals surface area (Å²) in [4.78, 5) is 14.3. The molecule has 1 rings (SSSR count). The number of nitrogens with zero attached hydrogens (tertiary/aromatic N) is 3. The highest BCUT2D eigenvalue weighted by Gasteiger charge is 2.45. The third-order valence-corrected chi connectivity index (χ3v) is 5.31. The van der Waals surface area contributed by atoms with Crippen molar-refractivity contribution in [2.24, 2.45) is 5.11 Å². The summed E-state index contributed by atoms with van der Waals surface area (Å²) in [5.74, 6) is -0.420. The summed E-state index contributed by atoms with van der Waals surface area (Å²) in [5, 5.41) is 36.0. The van der Waals surface area contributed by atoms with Crippen molar-refractivity contribution in [2.45, 2.75) is 108 Å². The van der Waals surface area contributed by atoms with Crippen molar-refractivity contribution in [1.29, 1.82) is 0 Å². The molecule has 4 N–H and O–H groups in total. The molecule has 0 aromatic heterocycles. The summed E-state index contributed by atoms with van der Waals surface area (Å²) in [7, 11) is 0. The van der Waals surface area contributed by atoms with Crippen molar-refractivity contribution in [3.8, 4) is 0 Å². The first-order chi connectivity index (χ1) is 14.4. The summed E-state index contributed by atoms with van der Waals surface area (Å²) in [6.07, 6.45) is 5.15. The van der Waals surface area contributed by atoms with Gasteiger partial charge in [0, 0.05) is 11.8 Å². The van der Waals surface area contributed by atoms with Gasteiger partial charge in [-0.25, -0.2) is 0 Å². The number of hydrogen-bond donors (Lipinski definition) is 4. The van der Waals surface area contributed by atoms with Crippen molar-refractivity contribution in [2.75, 3.05) is 13.2 Å². The van der Waals surface area contributed by atoms with Gasteiger partial charge >= 0.3 is 0 Å². The molecule has 1 fully saturated rings. The topological polar surface area (TPSA) is 157 Å². The number of rotatable bonds is 15. The predicted octanol–water partition coefficient (Wildman–Crippen LogP) is 2.16. The van der Waals surface area contributed by atoms with Crippen molar-refractivity contribution < 1.29 is 29.6 Å². The Balaban J connectivity index is 2.51. The SMILES string of the molecule is CCCCCCCCCCC(CO[C@@H]1OC(CO)[C@@H](O)[C@H](O)C1NC(C)=O)N=[N+]=[N-]. The van der Waals surface area contributed by atoms with Gasteiger partial charge in [-0.1, -0.05) is 63.4 Å². The Kier molecular flexibility index (Phi) is 13.7. The van der Waals surface area contributed by atoms with Gasteiger partial charge < -0.3 is 30.1 Å². The van der Waals surface area contributed by atoms with Gasteiger partial charge in [0.2, 0.25) is 5.91 Å². The molecule has 1 aliphatic rings. The first kappa shape index (κ1) is 26.6. The summed E-state index contributed by atoms with van der Waals surface area (Å²) in [6, 6.07) is -1.41. The Morgan fingerprint density at radius 1 is 1.17 bits per heavy atom. The number of unbranched alkanes of at least 4 members (excludes halogenated alkanes) is 7. The van der Waals surface area contributed by atoms with E-state index in [-0.39, 0.29) is 6.61 Å². The minimum absolute atomic E-state index is 0.0439. The highest BCUT2D eigenvalue weighted by atomic mass is 16.7. The average molecular weight is 431 g/mol. The second kappa shape index (κ2) is 15.4. The van der Waals surface area contributed by atoms with Crippen LogP contribution < -0.4 is 5.32 Å². The molecule has 0 radical (unpaired) electrons. The number of amides is 1. The minimum atomic E-state index is -1.37. The van der Waals surface area contributed by atoms with Crippen LogP contribution in [-0.4, -0.2) is 71.1 Å². The number of aliphatic hydroxyl groups excluding tert-OH is 3. The predicted molar refractivity (Wildman–Crippen MR) is 111 cm³/mol. The normalized spacial score (nSPS) is 27.3. The zero-order valence-corrected chi connectivity index (χ0v) is 18.2. The fourth-order valence-electron chi connectivity index (χ4n) is 3.58. The van der Waals surface area contributed by atoms with E-state index in [1.807, 2.05) is 0 Å². The van der Waals surface area contributed by atoms with Crippen LogP contribution in [0.5, 0.6) is 0 Å². The Hall–Kier alpha value is -1.42. The Morgan fingerprint density at radius 2 is 1.80 bits per heavy atom. The van der Waals surface area contributed by atoms with E-state index in [2.05, 4.69) is 22.3 Å². The number of ether oxygens (including phenoxy) is 2. The smallest absolute Gasteiger partial charge is 0.217 e. The van der Waals surface area contributed by atoms with E-state index in [1.54, 1.807) is 0 Å². The quantitative estimate of drug-likeness (QED) is 0.135. The lowest BCUT2D eigenvalue weighted by Crippen LogP contribution is -2.64. The maximum absolute atomic E-state index is 11.5. The Morgan fingerprint density at radius 3 is 2.37 bits per heavy atom. The molecule has 10 nitrogen and oxygen atoms in total. The third kappa shape index (κ3) is 9.59. The molecule has 1 amide bonds. The lowest BCUT2D eigenvalue weighted by molar-refractivity contribution is -0.271. The molecule has 174 valence electrons. The monoisotopic (exact) mass is 430 g/mol. The molecule has 0 aromatic carbocycles. The molecular weight excluding hydrogens is 392 g/mol. The molecule has 1 saturated heterocycles. The number of nitrogens with one attached hydrogen (secondary N) is 1. The maximum Gasteiger partial charge on any atom is 0.217 e. The van der Waals surface area contributed by atoms with Gasteiger partial charge in [-0.15, -0.1) is 0 Å². The molecule has 0 bridgehead atoms. The van der Waals surface area contributed by atoms with Gasteiger partial charge in [0.05, 0.1) is 19.3 Å².